The van der Waals surface area contributed by atoms with Gasteiger partial charge in [-0.15, -0.1) is 0 Å². The molecule has 1 N–H and O–H groups in total. The molecule has 0 saturated carbocycles. The summed E-state index contributed by atoms with van der Waals surface area (Å²) >= 11 is 1.19. The quantitative estimate of drug-likeness (QED) is 0.931. The molecule has 0 heterocycles. The topological polar surface area (TPSA) is 63.2 Å². The summed E-state index contributed by atoms with van der Waals surface area (Å²) in [6.07, 6.45) is 0. The molecule has 0 aliphatic heterocycles. The molecule has 1 aliphatic rings. The lowest BCUT2D eigenvalue weighted by Gasteiger charge is -2.20. The van der Waals surface area contributed by atoms with Gasteiger partial charge in [-0.25, -0.2) is 0 Å². The Morgan fingerprint density at radius 2 is 1.50 bits per heavy atom. The number of carbonyl (C=O) groups is 3. The van der Waals surface area contributed by atoms with Gasteiger partial charge in [-0.3, -0.25) is 14.4 Å². The third-order valence-electron chi connectivity index (χ3n) is 3.62. The van der Waals surface area contributed by atoms with Gasteiger partial charge in [-0.1, -0.05) is 53.7 Å². The van der Waals surface area contributed by atoms with Gasteiger partial charge >= 0.3 is 0 Å². The van der Waals surface area contributed by atoms with E-state index in [4.69, 9.17) is 0 Å². The smallest absolute Gasteiger partial charge is 0.221 e. The Bertz CT molecular complexity index is 882. The highest BCUT2D eigenvalue weighted by molar-refractivity contribution is 8.04. The molecule has 0 saturated heterocycles. The SMILES string of the molecule is CC(=O)NC1=C(Sc2ccc(C)cc2)C(=O)c2ccccc2C1=O. The summed E-state index contributed by atoms with van der Waals surface area (Å²) in [5.74, 6) is -0.970. The average molecular weight is 337 g/mol. The summed E-state index contributed by atoms with van der Waals surface area (Å²) < 4.78 is 0. The van der Waals surface area contributed by atoms with E-state index in [0.29, 0.717) is 11.1 Å². The fourth-order valence-electron chi connectivity index (χ4n) is 2.46. The van der Waals surface area contributed by atoms with E-state index < -0.39 is 0 Å². The first-order chi connectivity index (χ1) is 11.5. The van der Waals surface area contributed by atoms with Crippen molar-refractivity contribution in [3.63, 3.8) is 0 Å². The Balaban J connectivity index is 2.09. The van der Waals surface area contributed by atoms with Gasteiger partial charge in [0.15, 0.2) is 0 Å². The van der Waals surface area contributed by atoms with E-state index in [1.807, 2.05) is 31.2 Å². The maximum absolute atomic E-state index is 12.8. The second-order valence-electron chi connectivity index (χ2n) is 5.50. The Hall–Kier alpha value is -2.66. The van der Waals surface area contributed by atoms with Crippen molar-refractivity contribution in [2.24, 2.45) is 0 Å². The molecule has 1 aliphatic carbocycles. The molecule has 0 bridgehead atoms. The normalized spacial score (nSPS) is 13.8. The van der Waals surface area contributed by atoms with Crippen LogP contribution in [-0.2, 0) is 4.79 Å². The van der Waals surface area contributed by atoms with Gasteiger partial charge in [0.05, 0.1) is 4.91 Å². The van der Waals surface area contributed by atoms with Crippen molar-refractivity contribution in [3.05, 3.63) is 75.8 Å². The van der Waals surface area contributed by atoms with Crippen molar-refractivity contribution < 1.29 is 14.4 Å². The third kappa shape index (κ3) is 3.03. The Labute approximate surface area is 144 Å². The van der Waals surface area contributed by atoms with Crippen molar-refractivity contribution >= 4 is 29.2 Å². The number of Topliss-reactive ketones (excluding diaryl/α,β-unsaturated/α-hetero) is 2. The molecule has 0 radical (unpaired) electrons. The number of allylic oxidation sites excluding steroid dienone is 2. The Kier molecular flexibility index (Phi) is 4.36. The minimum Gasteiger partial charge on any atom is -0.322 e. The third-order valence-corrected chi connectivity index (χ3v) is 4.72. The van der Waals surface area contributed by atoms with Crippen molar-refractivity contribution in [1.82, 2.24) is 5.32 Å². The minimum absolute atomic E-state index is 0.0526. The van der Waals surface area contributed by atoms with Crippen LogP contribution in [0.4, 0.5) is 0 Å². The minimum atomic E-state index is -0.382. The maximum atomic E-state index is 12.8. The van der Waals surface area contributed by atoms with E-state index >= 15 is 0 Å². The molecule has 0 aromatic heterocycles. The second kappa shape index (κ2) is 6.45. The van der Waals surface area contributed by atoms with Gasteiger partial charge in [0, 0.05) is 22.9 Å². The maximum Gasteiger partial charge on any atom is 0.221 e. The van der Waals surface area contributed by atoms with E-state index in [9.17, 15) is 14.4 Å². The number of hydrogen-bond donors (Lipinski definition) is 1. The predicted molar refractivity (Wildman–Crippen MR) is 93.0 cm³/mol. The average Bonchev–Trinajstić information content (AvgIpc) is 2.57. The summed E-state index contributed by atoms with van der Waals surface area (Å²) in [6.45, 7) is 3.29. The molecule has 2 aromatic rings. The van der Waals surface area contributed by atoms with Gasteiger partial charge in [-0.05, 0) is 19.1 Å². The molecule has 0 unspecified atom stereocenters. The van der Waals surface area contributed by atoms with Crippen molar-refractivity contribution in [3.8, 4) is 0 Å². The number of hydrogen-bond acceptors (Lipinski definition) is 4. The highest BCUT2D eigenvalue weighted by Crippen LogP contribution is 2.36. The van der Waals surface area contributed by atoms with Crippen LogP contribution >= 0.6 is 11.8 Å². The molecular weight excluding hydrogens is 322 g/mol. The van der Waals surface area contributed by atoms with E-state index in [0.717, 1.165) is 10.5 Å². The highest BCUT2D eigenvalue weighted by atomic mass is 32.2. The zero-order chi connectivity index (χ0) is 17.3. The first-order valence-electron chi connectivity index (χ1n) is 7.42. The van der Waals surface area contributed by atoms with Crippen LogP contribution in [0, 0.1) is 6.92 Å². The first kappa shape index (κ1) is 16.2. The number of fused-ring (bicyclic) bond motifs is 1. The highest BCUT2D eigenvalue weighted by Gasteiger charge is 2.33. The van der Waals surface area contributed by atoms with Crippen LogP contribution < -0.4 is 5.32 Å². The fraction of sp³-hybridized carbons (Fsp3) is 0.105. The first-order valence-corrected chi connectivity index (χ1v) is 8.24. The number of ketones is 2. The molecule has 4 nitrogen and oxygen atoms in total. The number of rotatable bonds is 3. The molecular formula is C19H15NO3S. The summed E-state index contributed by atoms with van der Waals surface area (Å²) in [5.41, 5.74) is 1.84. The van der Waals surface area contributed by atoms with Crippen molar-refractivity contribution in [2.45, 2.75) is 18.7 Å². The molecule has 0 atom stereocenters. The van der Waals surface area contributed by atoms with Crippen LogP contribution in [0.5, 0.6) is 0 Å². The molecule has 1 amide bonds. The largest absolute Gasteiger partial charge is 0.322 e. The van der Waals surface area contributed by atoms with Gasteiger partial charge in [-0.2, -0.15) is 0 Å². The number of carbonyl (C=O) groups excluding carboxylic acids is 3. The molecule has 3 rings (SSSR count). The molecule has 0 fully saturated rings. The van der Waals surface area contributed by atoms with Crippen LogP contribution in [0.15, 0.2) is 64.0 Å². The Morgan fingerprint density at radius 3 is 2.08 bits per heavy atom. The van der Waals surface area contributed by atoms with Crippen LogP contribution in [0.1, 0.15) is 33.2 Å². The number of aryl methyl sites for hydroxylation is 1. The van der Waals surface area contributed by atoms with Crippen LogP contribution in [0.3, 0.4) is 0 Å². The van der Waals surface area contributed by atoms with Crippen LogP contribution in [0.25, 0.3) is 0 Å². The zero-order valence-electron chi connectivity index (χ0n) is 13.3. The van der Waals surface area contributed by atoms with E-state index in [1.54, 1.807) is 24.3 Å². The number of benzene rings is 2. The predicted octanol–water partition coefficient (Wildman–Crippen LogP) is 3.51. The Morgan fingerprint density at radius 1 is 0.917 bits per heavy atom. The molecule has 0 spiro atoms. The van der Waals surface area contributed by atoms with Crippen molar-refractivity contribution in [2.75, 3.05) is 0 Å². The zero-order valence-corrected chi connectivity index (χ0v) is 14.1. The van der Waals surface area contributed by atoms with Crippen LogP contribution in [0.2, 0.25) is 0 Å². The van der Waals surface area contributed by atoms with E-state index in [1.165, 1.54) is 18.7 Å². The van der Waals surface area contributed by atoms with E-state index in [-0.39, 0.29) is 28.1 Å². The summed E-state index contributed by atoms with van der Waals surface area (Å²) in [7, 11) is 0. The number of nitrogens with one attached hydrogen (secondary N) is 1. The lowest BCUT2D eigenvalue weighted by atomic mass is 9.92. The summed E-state index contributed by atoms with van der Waals surface area (Å²) in [6, 6.07) is 14.3. The van der Waals surface area contributed by atoms with Gasteiger partial charge in [0.2, 0.25) is 17.5 Å². The van der Waals surface area contributed by atoms with Gasteiger partial charge < -0.3 is 5.32 Å². The van der Waals surface area contributed by atoms with E-state index in [2.05, 4.69) is 5.32 Å². The molecule has 120 valence electrons. The van der Waals surface area contributed by atoms with Crippen LogP contribution in [-0.4, -0.2) is 17.5 Å². The number of amides is 1. The number of thioether (sulfide) groups is 1. The molecule has 2 aromatic carbocycles. The second-order valence-corrected chi connectivity index (χ2v) is 6.59. The fourth-order valence-corrected chi connectivity index (χ4v) is 3.42. The lowest BCUT2D eigenvalue weighted by molar-refractivity contribution is -0.118. The standard InChI is InChI=1S/C19H15NO3S/c1-11-7-9-13(10-8-11)24-19-16(20-12(2)21)17(22)14-5-3-4-6-15(14)18(19)23/h3-10H,1-2H3,(H,20,21). The summed E-state index contributed by atoms with van der Waals surface area (Å²) in [4.78, 5) is 38.1. The lowest BCUT2D eigenvalue weighted by Crippen LogP contribution is -2.32. The van der Waals surface area contributed by atoms with Gasteiger partial charge in [0.1, 0.15) is 5.70 Å². The molecule has 24 heavy (non-hydrogen) atoms. The van der Waals surface area contributed by atoms with Gasteiger partial charge in [0.25, 0.3) is 0 Å². The molecule has 5 heteroatoms. The monoisotopic (exact) mass is 337 g/mol. The van der Waals surface area contributed by atoms with Crippen molar-refractivity contribution in [1.29, 1.82) is 0 Å². The summed E-state index contributed by atoms with van der Waals surface area (Å²) in [5, 5.41) is 2.53.